The Morgan fingerprint density at radius 2 is 2.00 bits per heavy atom. The monoisotopic (exact) mass is 342 g/mol. The molecule has 6 heteroatoms. The lowest BCUT2D eigenvalue weighted by Gasteiger charge is -2.23. The van der Waals surface area contributed by atoms with Crippen molar-refractivity contribution in [2.45, 2.75) is 13.8 Å². The van der Waals surface area contributed by atoms with E-state index in [2.05, 4.69) is 26.6 Å². The van der Waals surface area contributed by atoms with Crippen molar-refractivity contribution >= 4 is 27.7 Å². The highest BCUT2D eigenvalue weighted by Gasteiger charge is 2.27. The van der Waals surface area contributed by atoms with Gasteiger partial charge in [-0.3, -0.25) is 9.59 Å². The summed E-state index contributed by atoms with van der Waals surface area (Å²) in [6.07, 6.45) is 0. The van der Waals surface area contributed by atoms with Crippen LogP contribution in [-0.4, -0.2) is 32.5 Å². The quantitative estimate of drug-likeness (QED) is 0.859. The number of amides is 2. The molecule has 2 amide bonds. The first-order valence-corrected chi connectivity index (χ1v) is 6.95. The second kappa shape index (κ2) is 6.74. The molecule has 110 valence electrons. The highest BCUT2D eigenvalue weighted by Crippen LogP contribution is 2.22. The molecule has 5 nitrogen and oxygen atoms in total. The summed E-state index contributed by atoms with van der Waals surface area (Å²) in [5.74, 6) is 0.221. The van der Waals surface area contributed by atoms with Crippen LogP contribution >= 0.6 is 15.9 Å². The van der Waals surface area contributed by atoms with Crippen molar-refractivity contribution in [3.8, 4) is 5.75 Å². The Balaban J connectivity index is 2.80. The van der Waals surface area contributed by atoms with E-state index in [1.165, 1.54) is 0 Å². The topological polar surface area (TPSA) is 67.4 Å². The Hall–Kier alpha value is -1.56. The fourth-order valence-corrected chi connectivity index (χ4v) is 2.05. The van der Waals surface area contributed by atoms with Gasteiger partial charge in [0.2, 0.25) is 5.91 Å². The normalized spacial score (nSPS) is 10.8. The van der Waals surface area contributed by atoms with E-state index in [1.54, 1.807) is 46.2 Å². The van der Waals surface area contributed by atoms with Gasteiger partial charge >= 0.3 is 0 Å². The zero-order chi connectivity index (χ0) is 15.3. The maximum Gasteiger partial charge on any atom is 0.252 e. The maximum atomic E-state index is 12.2. The molecule has 0 saturated heterocycles. The molecule has 0 heterocycles. The number of benzene rings is 1. The van der Waals surface area contributed by atoms with Crippen LogP contribution in [0.3, 0.4) is 0 Å². The predicted octanol–water partition coefficient (Wildman–Crippen LogP) is 1.96. The summed E-state index contributed by atoms with van der Waals surface area (Å²) in [6, 6.07) is 5.15. The summed E-state index contributed by atoms with van der Waals surface area (Å²) in [6.45, 7) is 3.79. The number of hydrogen-bond acceptors (Lipinski definition) is 3. The maximum absolute atomic E-state index is 12.2. The number of methoxy groups -OCH3 is 1. The van der Waals surface area contributed by atoms with Gasteiger partial charge in [0.05, 0.1) is 18.1 Å². The minimum absolute atomic E-state index is 0.123. The van der Waals surface area contributed by atoms with Gasteiger partial charge in [-0.15, -0.1) is 0 Å². The van der Waals surface area contributed by atoms with Crippen LogP contribution < -0.4 is 15.4 Å². The van der Waals surface area contributed by atoms with E-state index in [-0.39, 0.29) is 18.4 Å². The summed E-state index contributed by atoms with van der Waals surface area (Å²) in [5.41, 5.74) is -0.201. The minimum atomic E-state index is -0.671. The zero-order valence-corrected chi connectivity index (χ0v) is 13.6. The highest BCUT2D eigenvalue weighted by atomic mass is 79.9. The number of hydrogen-bond donors (Lipinski definition) is 2. The van der Waals surface area contributed by atoms with Gasteiger partial charge in [-0.05, 0) is 48.0 Å². The predicted molar refractivity (Wildman–Crippen MR) is 80.9 cm³/mol. The summed E-state index contributed by atoms with van der Waals surface area (Å²) < 4.78 is 5.77. The zero-order valence-electron chi connectivity index (χ0n) is 12.0. The molecule has 0 aliphatic heterocycles. The van der Waals surface area contributed by atoms with E-state index in [4.69, 9.17) is 4.74 Å². The van der Waals surface area contributed by atoms with Crippen LogP contribution in [0, 0.1) is 5.41 Å². The lowest BCUT2D eigenvalue weighted by atomic mass is 9.92. The standard InChI is InChI=1S/C14H19BrN2O3/c1-14(2,13(19)16-3)8-17-12(18)10-7-9(20-4)5-6-11(10)15/h5-7H,8H2,1-4H3,(H,16,19)(H,17,18). The third-order valence-corrected chi connectivity index (χ3v) is 3.64. The van der Waals surface area contributed by atoms with Gasteiger partial charge in [0, 0.05) is 18.1 Å². The van der Waals surface area contributed by atoms with E-state index >= 15 is 0 Å². The van der Waals surface area contributed by atoms with Crippen molar-refractivity contribution in [3.05, 3.63) is 28.2 Å². The number of carbonyl (C=O) groups excluding carboxylic acids is 2. The molecule has 0 spiro atoms. The summed E-state index contributed by atoms with van der Waals surface area (Å²) in [7, 11) is 3.12. The molecule has 1 aromatic rings. The lowest BCUT2D eigenvalue weighted by Crippen LogP contribution is -2.43. The van der Waals surface area contributed by atoms with E-state index in [0.29, 0.717) is 15.8 Å². The van der Waals surface area contributed by atoms with Crippen LogP contribution in [0.25, 0.3) is 0 Å². The van der Waals surface area contributed by atoms with E-state index in [1.807, 2.05) is 0 Å². The van der Waals surface area contributed by atoms with E-state index in [9.17, 15) is 9.59 Å². The van der Waals surface area contributed by atoms with Gasteiger partial charge in [-0.1, -0.05) is 0 Å². The van der Waals surface area contributed by atoms with Crippen molar-refractivity contribution in [1.82, 2.24) is 10.6 Å². The molecular formula is C14H19BrN2O3. The Morgan fingerprint density at radius 3 is 2.55 bits per heavy atom. The molecule has 0 unspecified atom stereocenters. The fraction of sp³-hybridized carbons (Fsp3) is 0.429. The molecule has 1 rings (SSSR count). The third-order valence-electron chi connectivity index (χ3n) is 2.95. The average Bonchev–Trinajstić information content (AvgIpc) is 2.44. The van der Waals surface area contributed by atoms with Crippen molar-refractivity contribution in [1.29, 1.82) is 0 Å². The third kappa shape index (κ3) is 3.96. The highest BCUT2D eigenvalue weighted by molar-refractivity contribution is 9.10. The molecule has 0 bridgehead atoms. The summed E-state index contributed by atoms with van der Waals surface area (Å²) >= 11 is 3.33. The molecule has 0 atom stereocenters. The molecular weight excluding hydrogens is 324 g/mol. The van der Waals surface area contributed by atoms with Crippen LogP contribution in [0.2, 0.25) is 0 Å². The Kier molecular flexibility index (Phi) is 5.56. The Morgan fingerprint density at radius 1 is 1.35 bits per heavy atom. The van der Waals surface area contributed by atoms with Crippen LogP contribution in [0.5, 0.6) is 5.75 Å². The smallest absolute Gasteiger partial charge is 0.252 e. The first-order valence-electron chi connectivity index (χ1n) is 6.15. The number of ether oxygens (including phenoxy) is 1. The largest absolute Gasteiger partial charge is 0.497 e. The van der Waals surface area contributed by atoms with Crippen molar-refractivity contribution in [2.24, 2.45) is 5.41 Å². The second-order valence-electron chi connectivity index (χ2n) is 4.99. The SMILES string of the molecule is CNC(=O)C(C)(C)CNC(=O)c1cc(OC)ccc1Br. The molecule has 0 fully saturated rings. The second-order valence-corrected chi connectivity index (χ2v) is 5.85. The number of rotatable bonds is 5. The van der Waals surface area contributed by atoms with Crippen LogP contribution in [0.4, 0.5) is 0 Å². The summed E-state index contributed by atoms with van der Waals surface area (Å²) in [4.78, 5) is 23.8. The lowest BCUT2D eigenvalue weighted by molar-refractivity contribution is -0.128. The van der Waals surface area contributed by atoms with Gasteiger partial charge in [0.1, 0.15) is 5.75 Å². The van der Waals surface area contributed by atoms with Crippen LogP contribution in [0.1, 0.15) is 24.2 Å². The number of halogens is 1. The van der Waals surface area contributed by atoms with Crippen molar-refractivity contribution < 1.29 is 14.3 Å². The molecule has 0 radical (unpaired) electrons. The minimum Gasteiger partial charge on any atom is -0.497 e. The molecule has 2 N–H and O–H groups in total. The molecule has 20 heavy (non-hydrogen) atoms. The molecule has 1 aromatic carbocycles. The van der Waals surface area contributed by atoms with Crippen LogP contribution in [0.15, 0.2) is 22.7 Å². The summed E-state index contributed by atoms with van der Waals surface area (Å²) in [5, 5.41) is 5.34. The first-order chi connectivity index (χ1) is 9.31. The van der Waals surface area contributed by atoms with Gasteiger partial charge in [0.25, 0.3) is 5.91 Å². The van der Waals surface area contributed by atoms with Gasteiger partial charge < -0.3 is 15.4 Å². The van der Waals surface area contributed by atoms with Crippen molar-refractivity contribution in [3.63, 3.8) is 0 Å². The van der Waals surface area contributed by atoms with E-state index < -0.39 is 5.41 Å². The molecule has 0 aliphatic rings. The van der Waals surface area contributed by atoms with Crippen molar-refractivity contribution in [2.75, 3.05) is 20.7 Å². The molecule has 0 aromatic heterocycles. The average molecular weight is 343 g/mol. The Labute approximate surface area is 127 Å². The molecule has 0 aliphatic carbocycles. The first kappa shape index (κ1) is 16.5. The molecule has 0 saturated carbocycles. The Bertz CT molecular complexity index is 515. The number of carbonyl (C=O) groups is 2. The van der Waals surface area contributed by atoms with Crippen LogP contribution in [-0.2, 0) is 4.79 Å². The van der Waals surface area contributed by atoms with Gasteiger partial charge in [-0.25, -0.2) is 0 Å². The van der Waals surface area contributed by atoms with Gasteiger partial charge in [0.15, 0.2) is 0 Å². The fourth-order valence-electron chi connectivity index (χ4n) is 1.62. The number of nitrogens with one attached hydrogen (secondary N) is 2. The van der Waals surface area contributed by atoms with E-state index in [0.717, 1.165) is 0 Å². The van der Waals surface area contributed by atoms with Gasteiger partial charge in [-0.2, -0.15) is 0 Å².